The van der Waals surface area contributed by atoms with Gasteiger partial charge < -0.3 is 19.3 Å². The highest BCUT2D eigenvalue weighted by Gasteiger charge is 2.24. The Kier molecular flexibility index (Phi) is 10.6. The van der Waals surface area contributed by atoms with E-state index in [1.54, 1.807) is 17.0 Å². The summed E-state index contributed by atoms with van der Waals surface area (Å²) in [5, 5.41) is 16.8. The second kappa shape index (κ2) is 14.5. The zero-order valence-electron chi connectivity index (χ0n) is 28.6. The van der Waals surface area contributed by atoms with Crippen LogP contribution in [0.5, 0.6) is 5.75 Å². The summed E-state index contributed by atoms with van der Waals surface area (Å²) in [7, 11) is 1.94. The van der Waals surface area contributed by atoms with E-state index in [1.165, 1.54) is 5.56 Å². The van der Waals surface area contributed by atoms with Crippen LogP contribution in [0.3, 0.4) is 0 Å². The number of halogens is 2. The summed E-state index contributed by atoms with van der Waals surface area (Å²) in [6.45, 7) is 13.6. The Labute approximate surface area is 291 Å². The fourth-order valence-corrected chi connectivity index (χ4v) is 7.06. The van der Waals surface area contributed by atoms with Crippen LogP contribution in [0.25, 0.3) is 22.0 Å². The molecule has 8 nitrogen and oxygen atoms in total. The topological polar surface area (TPSA) is 89.6 Å². The molecule has 0 fully saturated rings. The van der Waals surface area contributed by atoms with E-state index in [1.807, 2.05) is 63.7 Å². The number of hydrogen-bond acceptors (Lipinski definition) is 4. The number of carboxylic acid groups (broad SMARTS) is 1. The van der Waals surface area contributed by atoms with Crippen molar-refractivity contribution in [1.82, 2.24) is 14.3 Å². The van der Waals surface area contributed by atoms with Gasteiger partial charge in [0.1, 0.15) is 5.75 Å². The predicted octanol–water partition coefficient (Wildman–Crippen LogP) is 8.96. The Morgan fingerprint density at radius 2 is 1.67 bits per heavy atom. The van der Waals surface area contributed by atoms with Crippen molar-refractivity contribution in [2.24, 2.45) is 7.05 Å². The predicted molar refractivity (Wildman–Crippen MR) is 194 cm³/mol. The highest BCUT2D eigenvalue weighted by atomic mass is 35.5. The molecule has 5 aromatic rings. The van der Waals surface area contributed by atoms with Crippen molar-refractivity contribution in [3.05, 3.63) is 97.4 Å². The standard InChI is InChI=1S/C38H42Cl2N4O4/c1-22-16-28(38(46)47)20-29(17-22)43(21-45)13-9-14-44-26(5)31(10-8-15-48-30-18-23(2)36(40)24(3)19-30)32-11-12-33(39)35(37(32)44)34-25(4)41-42(7)27(34)6/h11-12,16-21H,8-10,13-15H2,1-7H3,(H,46,47). The Bertz CT molecular complexity index is 2000. The largest absolute Gasteiger partial charge is 0.494 e. The van der Waals surface area contributed by atoms with Gasteiger partial charge in [0.25, 0.3) is 0 Å². The number of benzene rings is 3. The fourth-order valence-electron chi connectivity index (χ4n) is 6.71. The smallest absolute Gasteiger partial charge is 0.335 e. The number of carboxylic acids is 1. The number of ether oxygens (including phenoxy) is 1. The zero-order valence-corrected chi connectivity index (χ0v) is 30.1. The van der Waals surface area contributed by atoms with Crippen molar-refractivity contribution >= 4 is 52.2 Å². The molecule has 2 aromatic heterocycles. The lowest BCUT2D eigenvalue weighted by Crippen LogP contribution is -2.24. The Hall–Kier alpha value is -4.27. The molecule has 0 atom stereocenters. The van der Waals surface area contributed by atoms with Gasteiger partial charge in [-0.15, -0.1) is 0 Å². The zero-order chi connectivity index (χ0) is 34.9. The highest BCUT2D eigenvalue weighted by Crippen LogP contribution is 2.42. The van der Waals surface area contributed by atoms with E-state index in [0.29, 0.717) is 36.8 Å². The molecule has 252 valence electrons. The number of rotatable bonds is 13. The van der Waals surface area contributed by atoms with Gasteiger partial charge >= 0.3 is 5.97 Å². The van der Waals surface area contributed by atoms with Gasteiger partial charge in [0.15, 0.2) is 0 Å². The van der Waals surface area contributed by atoms with Crippen LogP contribution in [0.15, 0.2) is 42.5 Å². The number of aromatic carboxylic acids is 1. The van der Waals surface area contributed by atoms with E-state index in [0.717, 1.165) is 85.8 Å². The average Bonchev–Trinajstić information content (AvgIpc) is 3.45. The van der Waals surface area contributed by atoms with Gasteiger partial charge in [0.2, 0.25) is 6.41 Å². The first-order valence-electron chi connectivity index (χ1n) is 16.1. The third kappa shape index (κ3) is 6.96. The van der Waals surface area contributed by atoms with Crippen molar-refractivity contribution in [2.75, 3.05) is 18.1 Å². The van der Waals surface area contributed by atoms with Crippen LogP contribution in [-0.2, 0) is 24.8 Å². The molecule has 0 aliphatic carbocycles. The first-order chi connectivity index (χ1) is 22.8. The minimum atomic E-state index is -1.03. The quantitative estimate of drug-likeness (QED) is 0.0985. The molecular formula is C38H42Cl2N4O4. The van der Waals surface area contributed by atoms with Crippen LogP contribution in [0.1, 0.15) is 62.5 Å². The number of fused-ring (bicyclic) bond motifs is 1. The maximum Gasteiger partial charge on any atom is 0.335 e. The first kappa shape index (κ1) is 35.0. The van der Waals surface area contributed by atoms with E-state index in [2.05, 4.69) is 24.5 Å². The van der Waals surface area contributed by atoms with E-state index in [4.69, 9.17) is 33.0 Å². The van der Waals surface area contributed by atoms with Crippen LogP contribution in [0, 0.1) is 41.5 Å². The second-order valence-corrected chi connectivity index (χ2v) is 13.3. The molecule has 2 heterocycles. The van der Waals surface area contributed by atoms with Crippen LogP contribution in [0.4, 0.5) is 5.69 Å². The molecule has 0 bridgehead atoms. The minimum absolute atomic E-state index is 0.153. The van der Waals surface area contributed by atoms with Crippen LogP contribution in [-0.4, -0.2) is 45.0 Å². The van der Waals surface area contributed by atoms with Gasteiger partial charge in [-0.25, -0.2) is 4.79 Å². The molecule has 0 aliphatic rings. The highest BCUT2D eigenvalue weighted by molar-refractivity contribution is 6.35. The molecule has 0 saturated heterocycles. The fraction of sp³-hybridized carbons (Fsp3) is 0.342. The Morgan fingerprint density at radius 1 is 0.958 bits per heavy atom. The van der Waals surface area contributed by atoms with Gasteiger partial charge in [-0.3, -0.25) is 9.48 Å². The molecule has 10 heteroatoms. The molecule has 0 spiro atoms. The number of anilines is 1. The summed E-state index contributed by atoms with van der Waals surface area (Å²) in [5.74, 6) is -0.212. The number of hydrogen-bond donors (Lipinski definition) is 1. The molecule has 1 amide bonds. The van der Waals surface area contributed by atoms with Gasteiger partial charge in [-0.2, -0.15) is 5.10 Å². The molecule has 0 saturated carbocycles. The SMILES string of the molecule is Cc1cc(C(=O)O)cc(N(C=O)CCCn2c(C)c(CCCOc3cc(C)c(Cl)c(C)c3)c3ccc(Cl)c(-c4c(C)nn(C)c4C)c32)c1. The van der Waals surface area contributed by atoms with E-state index >= 15 is 0 Å². The number of aryl methyl sites for hydroxylation is 7. The first-order valence-corrected chi connectivity index (χ1v) is 16.8. The Balaban J connectivity index is 1.48. The average molecular weight is 690 g/mol. The summed E-state index contributed by atoms with van der Waals surface area (Å²) in [6, 6.07) is 13.0. The lowest BCUT2D eigenvalue weighted by molar-refractivity contribution is -0.107. The van der Waals surface area contributed by atoms with Gasteiger partial charge in [-0.1, -0.05) is 29.3 Å². The van der Waals surface area contributed by atoms with E-state index in [9.17, 15) is 14.7 Å². The Morgan fingerprint density at radius 3 is 2.29 bits per heavy atom. The monoisotopic (exact) mass is 688 g/mol. The molecule has 0 unspecified atom stereocenters. The van der Waals surface area contributed by atoms with Crippen molar-refractivity contribution in [3.63, 3.8) is 0 Å². The maximum atomic E-state index is 12.2. The minimum Gasteiger partial charge on any atom is -0.494 e. The summed E-state index contributed by atoms with van der Waals surface area (Å²) >= 11 is 13.4. The molecular weight excluding hydrogens is 647 g/mol. The normalized spacial score (nSPS) is 11.4. The van der Waals surface area contributed by atoms with E-state index < -0.39 is 5.97 Å². The molecule has 1 N–H and O–H groups in total. The summed E-state index contributed by atoms with van der Waals surface area (Å²) in [5.41, 5.74) is 10.8. The van der Waals surface area contributed by atoms with Crippen molar-refractivity contribution < 1.29 is 19.4 Å². The third-order valence-corrected chi connectivity index (χ3v) is 10.0. The van der Waals surface area contributed by atoms with Crippen LogP contribution < -0.4 is 9.64 Å². The second-order valence-electron chi connectivity index (χ2n) is 12.5. The third-order valence-electron chi connectivity index (χ3n) is 9.12. The number of amides is 1. The van der Waals surface area contributed by atoms with Gasteiger partial charge in [0, 0.05) is 58.7 Å². The number of carbonyl (C=O) groups is 2. The summed E-state index contributed by atoms with van der Waals surface area (Å²) in [4.78, 5) is 25.5. The van der Waals surface area contributed by atoms with Crippen molar-refractivity contribution in [2.45, 2.75) is 67.3 Å². The maximum absolute atomic E-state index is 12.2. The molecule has 48 heavy (non-hydrogen) atoms. The number of carbonyl (C=O) groups excluding carboxylic acids is 1. The lowest BCUT2D eigenvalue weighted by atomic mass is 9.98. The van der Waals surface area contributed by atoms with Crippen LogP contribution in [0.2, 0.25) is 10.0 Å². The van der Waals surface area contributed by atoms with Gasteiger partial charge in [0.05, 0.1) is 28.4 Å². The number of aromatic nitrogens is 3. The number of nitrogens with zero attached hydrogens (tertiary/aromatic N) is 4. The lowest BCUT2D eigenvalue weighted by Gasteiger charge is -2.20. The molecule has 0 radical (unpaired) electrons. The summed E-state index contributed by atoms with van der Waals surface area (Å²) < 4.78 is 10.3. The van der Waals surface area contributed by atoms with Crippen molar-refractivity contribution in [1.29, 1.82) is 0 Å². The van der Waals surface area contributed by atoms with Gasteiger partial charge in [-0.05, 0) is 119 Å². The molecule has 0 aliphatic heterocycles. The molecule has 5 rings (SSSR count). The van der Waals surface area contributed by atoms with E-state index in [-0.39, 0.29) is 5.56 Å². The van der Waals surface area contributed by atoms with Crippen molar-refractivity contribution in [3.8, 4) is 16.9 Å². The summed E-state index contributed by atoms with van der Waals surface area (Å²) in [6.07, 6.45) is 3.01. The van der Waals surface area contributed by atoms with Crippen LogP contribution >= 0.6 is 23.2 Å². The molecule has 3 aromatic carbocycles.